The van der Waals surface area contributed by atoms with Crippen LogP contribution in [0.4, 0.5) is 0 Å². The molecule has 0 saturated heterocycles. The highest BCUT2D eigenvalue weighted by molar-refractivity contribution is 5.98. The standard InChI is InChI=1S/C19H23N3O2/c1-22-17(23)10-8-15(19(20)24)18(22)16-9-7-14(12-21-16)11-13-5-3-2-4-6-13/h7-10,12-13H,2-6,11H2,1H3,(H2,20,24). The topological polar surface area (TPSA) is 78.0 Å². The molecule has 24 heavy (non-hydrogen) atoms. The third kappa shape index (κ3) is 3.40. The maximum atomic E-state index is 11.9. The maximum absolute atomic E-state index is 11.9. The Balaban J connectivity index is 1.89. The van der Waals surface area contributed by atoms with Crippen molar-refractivity contribution in [3.8, 4) is 11.4 Å². The molecule has 5 nitrogen and oxygen atoms in total. The number of primary amides is 1. The highest BCUT2D eigenvalue weighted by atomic mass is 16.1. The molecule has 1 fully saturated rings. The summed E-state index contributed by atoms with van der Waals surface area (Å²) in [5, 5.41) is 0. The van der Waals surface area contributed by atoms with E-state index in [0.717, 1.165) is 12.3 Å². The van der Waals surface area contributed by atoms with Gasteiger partial charge < -0.3 is 10.3 Å². The van der Waals surface area contributed by atoms with Gasteiger partial charge in [0, 0.05) is 19.3 Å². The van der Waals surface area contributed by atoms with Crippen LogP contribution >= 0.6 is 0 Å². The number of aromatic nitrogens is 2. The van der Waals surface area contributed by atoms with Crippen LogP contribution in [0, 0.1) is 5.92 Å². The van der Waals surface area contributed by atoms with Crippen molar-refractivity contribution in [3.05, 3.63) is 51.9 Å². The second-order valence-corrected chi connectivity index (χ2v) is 6.62. The van der Waals surface area contributed by atoms with E-state index in [9.17, 15) is 9.59 Å². The van der Waals surface area contributed by atoms with Crippen LogP contribution in [0.2, 0.25) is 0 Å². The summed E-state index contributed by atoms with van der Waals surface area (Å²) in [7, 11) is 1.63. The van der Waals surface area contributed by atoms with Gasteiger partial charge in [-0.3, -0.25) is 14.6 Å². The molecule has 0 unspecified atom stereocenters. The predicted molar refractivity (Wildman–Crippen MR) is 93.7 cm³/mol. The summed E-state index contributed by atoms with van der Waals surface area (Å²) >= 11 is 0. The fraction of sp³-hybridized carbons (Fsp3) is 0.421. The molecule has 0 spiro atoms. The first-order chi connectivity index (χ1) is 11.6. The monoisotopic (exact) mass is 325 g/mol. The molecule has 0 aromatic carbocycles. The van der Waals surface area contributed by atoms with Crippen molar-refractivity contribution in [2.24, 2.45) is 18.7 Å². The SMILES string of the molecule is Cn1c(-c2ccc(CC3CCCCC3)cn2)c(C(N)=O)ccc1=O. The summed E-state index contributed by atoms with van der Waals surface area (Å²) in [5.41, 5.74) is 7.83. The lowest BCUT2D eigenvalue weighted by Crippen LogP contribution is -2.23. The average Bonchev–Trinajstić information content (AvgIpc) is 2.59. The van der Waals surface area contributed by atoms with Crippen molar-refractivity contribution in [3.63, 3.8) is 0 Å². The van der Waals surface area contributed by atoms with Crippen molar-refractivity contribution in [2.75, 3.05) is 0 Å². The van der Waals surface area contributed by atoms with Crippen LogP contribution in [0.25, 0.3) is 11.4 Å². The van der Waals surface area contributed by atoms with Gasteiger partial charge in [0.25, 0.3) is 11.5 Å². The number of carbonyl (C=O) groups excluding carboxylic acids is 1. The van der Waals surface area contributed by atoms with Gasteiger partial charge in [0.05, 0.1) is 17.0 Å². The minimum Gasteiger partial charge on any atom is -0.366 e. The number of amides is 1. The Labute approximate surface area is 141 Å². The van der Waals surface area contributed by atoms with E-state index in [0.29, 0.717) is 17.0 Å². The molecule has 3 rings (SSSR count). The van der Waals surface area contributed by atoms with E-state index in [1.807, 2.05) is 18.3 Å². The van der Waals surface area contributed by atoms with Crippen molar-refractivity contribution < 1.29 is 4.79 Å². The molecule has 0 radical (unpaired) electrons. The first-order valence-corrected chi connectivity index (χ1v) is 8.51. The number of pyridine rings is 2. The minimum absolute atomic E-state index is 0.192. The molecule has 2 aromatic rings. The van der Waals surface area contributed by atoms with Crippen molar-refractivity contribution in [1.82, 2.24) is 9.55 Å². The molecule has 0 aliphatic heterocycles. The fourth-order valence-corrected chi connectivity index (χ4v) is 3.55. The molecule has 1 amide bonds. The van der Waals surface area contributed by atoms with Crippen LogP contribution in [-0.4, -0.2) is 15.5 Å². The zero-order chi connectivity index (χ0) is 17.1. The van der Waals surface area contributed by atoms with Gasteiger partial charge in [0.15, 0.2) is 0 Å². The van der Waals surface area contributed by atoms with Crippen molar-refractivity contribution >= 4 is 5.91 Å². The third-order valence-electron chi connectivity index (χ3n) is 4.90. The van der Waals surface area contributed by atoms with Crippen LogP contribution in [0.1, 0.15) is 48.0 Å². The summed E-state index contributed by atoms with van der Waals surface area (Å²) in [6.45, 7) is 0. The van der Waals surface area contributed by atoms with Gasteiger partial charge in [0.2, 0.25) is 0 Å². The Morgan fingerprint density at radius 3 is 2.58 bits per heavy atom. The van der Waals surface area contributed by atoms with E-state index in [1.54, 1.807) is 7.05 Å². The first-order valence-electron chi connectivity index (χ1n) is 8.51. The molecule has 2 heterocycles. The Hall–Kier alpha value is -2.43. The number of nitrogens with zero attached hydrogens (tertiary/aromatic N) is 2. The van der Waals surface area contributed by atoms with E-state index in [1.165, 1.54) is 54.4 Å². The summed E-state index contributed by atoms with van der Waals surface area (Å²) < 4.78 is 1.42. The summed E-state index contributed by atoms with van der Waals surface area (Å²) in [5.74, 6) is 0.183. The van der Waals surface area contributed by atoms with E-state index in [2.05, 4.69) is 4.98 Å². The molecule has 1 aliphatic rings. The van der Waals surface area contributed by atoms with Gasteiger partial charge in [-0.1, -0.05) is 38.2 Å². The van der Waals surface area contributed by atoms with Crippen LogP contribution in [0.5, 0.6) is 0 Å². The van der Waals surface area contributed by atoms with Gasteiger partial charge in [-0.05, 0) is 30.0 Å². The number of nitrogens with two attached hydrogens (primary N) is 1. The molecule has 2 aromatic heterocycles. The molecule has 1 saturated carbocycles. The lowest BCUT2D eigenvalue weighted by Gasteiger charge is -2.21. The maximum Gasteiger partial charge on any atom is 0.250 e. The third-order valence-corrected chi connectivity index (χ3v) is 4.90. The Morgan fingerprint density at radius 2 is 1.96 bits per heavy atom. The van der Waals surface area contributed by atoms with E-state index in [-0.39, 0.29) is 5.56 Å². The van der Waals surface area contributed by atoms with Gasteiger partial charge in [-0.15, -0.1) is 0 Å². The number of hydrogen-bond acceptors (Lipinski definition) is 3. The normalized spacial score (nSPS) is 15.4. The molecule has 126 valence electrons. The lowest BCUT2D eigenvalue weighted by molar-refractivity contribution is 0.1000. The Kier molecular flexibility index (Phi) is 4.79. The van der Waals surface area contributed by atoms with E-state index < -0.39 is 5.91 Å². The van der Waals surface area contributed by atoms with Gasteiger partial charge in [-0.25, -0.2) is 0 Å². The van der Waals surface area contributed by atoms with Crippen LogP contribution in [0.15, 0.2) is 35.3 Å². The Bertz CT molecular complexity index is 787. The van der Waals surface area contributed by atoms with Crippen molar-refractivity contribution in [1.29, 1.82) is 0 Å². The van der Waals surface area contributed by atoms with E-state index in [4.69, 9.17) is 5.73 Å². The zero-order valence-electron chi connectivity index (χ0n) is 14.0. The number of hydrogen-bond donors (Lipinski definition) is 1. The van der Waals surface area contributed by atoms with Crippen LogP contribution < -0.4 is 11.3 Å². The molecular weight excluding hydrogens is 302 g/mol. The van der Waals surface area contributed by atoms with Gasteiger partial charge in [0.1, 0.15) is 0 Å². The summed E-state index contributed by atoms with van der Waals surface area (Å²) in [4.78, 5) is 28.1. The van der Waals surface area contributed by atoms with Gasteiger partial charge in [-0.2, -0.15) is 0 Å². The predicted octanol–water partition coefficient (Wildman–Crippen LogP) is 2.67. The molecule has 1 aliphatic carbocycles. The zero-order valence-corrected chi connectivity index (χ0v) is 14.0. The first kappa shape index (κ1) is 16.4. The Morgan fingerprint density at radius 1 is 1.21 bits per heavy atom. The molecule has 5 heteroatoms. The molecule has 2 N–H and O–H groups in total. The van der Waals surface area contributed by atoms with E-state index >= 15 is 0 Å². The lowest BCUT2D eigenvalue weighted by atomic mass is 9.85. The quantitative estimate of drug-likeness (QED) is 0.938. The highest BCUT2D eigenvalue weighted by Gasteiger charge is 2.17. The fourth-order valence-electron chi connectivity index (χ4n) is 3.55. The van der Waals surface area contributed by atoms with Gasteiger partial charge >= 0.3 is 0 Å². The van der Waals surface area contributed by atoms with Crippen LogP contribution in [0.3, 0.4) is 0 Å². The molecule has 0 bridgehead atoms. The molecular formula is C19H23N3O2. The highest BCUT2D eigenvalue weighted by Crippen LogP contribution is 2.27. The average molecular weight is 325 g/mol. The minimum atomic E-state index is -0.561. The largest absolute Gasteiger partial charge is 0.366 e. The summed E-state index contributed by atoms with van der Waals surface area (Å²) in [6, 6.07) is 6.73. The second kappa shape index (κ2) is 6.99. The second-order valence-electron chi connectivity index (χ2n) is 6.62. The molecule has 0 atom stereocenters. The van der Waals surface area contributed by atoms with Crippen LogP contribution in [-0.2, 0) is 13.5 Å². The number of carbonyl (C=O) groups is 1. The summed E-state index contributed by atoms with van der Waals surface area (Å²) in [6.07, 6.45) is 9.48. The van der Waals surface area contributed by atoms with Crippen molar-refractivity contribution in [2.45, 2.75) is 38.5 Å². The number of rotatable bonds is 4. The smallest absolute Gasteiger partial charge is 0.250 e.